The number of anilines is 1. The van der Waals surface area contributed by atoms with E-state index in [9.17, 15) is 9.59 Å². The van der Waals surface area contributed by atoms with Crippen LogP contribution in [-0.4, -0.2) is 11.8 Å². The lowest BCUT2D eigenvalue weighted by Crippen LogP contribution is -2.50. The van der Waals surface area contributed by atoms with E-state index in [0.717, 1.165) is 40.1 Å². The smallest absolute Gasteiger partial charge is 0.247 e. The Morgan fingerprint density at radius 1 is 0.909 bits per heavy atom. The molecule has 0 spiro atoms. The molecule has 4 saturated carbocycles. The van der Waals surface area contributed by atoms with E-state index in [0.29, 0.717) is 6.42 Å². The second-order valence-corrected chi connectivity index (χ2v) is 11.0. The summed E-state index contributed by atoms with van der Waals surface area (Å²) in [5.41, 5.74) is 9.89. The molecule has 33 heavy (non-hydrogen) atoms. The number of hydrazine groups is 1. The number of nitrogens with one attached hydrogen (secondary N) is 3. The molecule has 0 aromatic heterocycles. The second kappa shape index (κ2) is 8.94. The van der Waals surface area contributed by atoms with Crippen molar-refractivity contribution in [3.8, 4) is 0 Å². The quantitative estimate of drug-likeness (QED) is 0.512. The van der Waals surface area contributed by atoms with Gasteiger partial charge in [0.05, 0.1) is 0 Å². The molecule has 4 aliphatic carbocycles. The highest BCUT2D eigenvalue weighted by Gasteiger charge is 2.51. The number of carbonyl (C=O) groups is 2. The average molecular weight is 446 g/mol. The zero-order chi connectivity index (χ0) is 23.0. The highest BCUT2D eigenvalue weighted by Crippen LogP contribution is 2.61. The minimum absolute atomic E-state index is 0.00270. The SMILES string of the molecule is Cc1cc(C)cc(NC(=O)[C@@H](NNC(=O)CC23CC4CC(CC(C4)C2)C3)c2ccccc2)c1. The van der Waals surface area contributed by atoms with Crippen molar-refractivity contribution >= 4 is 17.5 Å². The fraction of sp³-hybridized carbons (Fsp3) is 0.500. The number of hydrogen-bond acceptors (Lipinski definition) is 3. The molecule has 4 aliphatic rings. The lowest BCUT2D eigenvalue weighted by Gasteiger charge is -2.56. The standard InChI is InChI=1S/C28H35N3O2/c1-18-8-19(2)10-24(9-18)29-27(33)26(23-6-4-3-5-7-23)31-30-25(32)17-28-14-20-11-21(15-28)13-22(12-20)16-28/h3-10,20-22,26,31H,11-17H2,1-2H3,(H,29,33)(H,30,32)/t20?,21?,22?,26-,28?/m0/s1. The van der Waals surface area contributed by atoms with E-state index in [4.69, 9.17) is 0 Å². The lowest BCUT2D eigenvalue weighted by molar-refractivity contribution is -0.131. The van der Waals surface area contributed by atoms with Gasteiger partial charge in [-0.1, -0.05) is 36.4 Å². The molecule has 3 N–H and O–H groups in total. The minimum Gasteiger partial charge on any atom is -0.324 e. The summed E-state index contributed by atoms with van der Waals surface area (Å²) in [5, 5.41) is 3.02. The van der Waals surface area contributed by atoms with Gasteiger partial charge in [0.1, 0.15) is 6.04 Å². The Hall–Kier alpha value is -2.66. The normalized spacial score (nSPS) is 28.4. The average Bonchev–Trinajstić information content (AvgIpc) is 2.72. The number of carbonyl (C=O) groups excluding carboxylic acids is 2. The Balaban J connectivity index is 1.26. The molecule has 174 valence electrons. The summed E-state index contributed by atoms with van der Waals surface area (Å²) in [6, 6.07) is 14.9. The monoisotopic (exact) mass is 445 g/mol. The van der Waals surface area contributed by atoms with Crippen LogP contribution < -0.4 is 16.2 Å². The van der Waals surface area contributed by atoms with Crippen LogP contribution in [0.2, 0.25) is 0 Å². The van der Waals surface area contributed by atoms with Crippen LogP contribution in [0.15, 0.2) is 48.5 Å². The third-order valence-corrected chi connectivity index (χ3v) is 7.94. The van der Waals surface area contributed by atoms with Crippen LogP contribution in [0.4, 0.5) is 5.69 Å². The molecule has 2 aromatic carbocycles. The van der Waals surface area contributed by atoms with Gasteiger partial charge in [-0.05, 0) is 104 Å². The lowest BCUT2D eigenvalue weighted by atomic mass is 9.49. The molecule has 1 atom stereocenters. The molecule has 0 radical (unpaired) electrons. The van der Waals surface area contributed by atoms with E-state index in [2.05, 4.69) is 22.2 Å². The number of rotatable bonds is 7. The minimum atomic E-state index is -0.674. The van der Waals surface area contributed by atoms with Gasteiger partial charge in [-0.25, -0.2) is 5.43 Å². The van der Waals surface area contributed by atoms with Gasteiger partial charge < -0.3 is 5.32 Å². The van der Waals surface area contributed by atoms with Crippen LogP contribution in [0, 0.1) is 37.0 Å². The van der Waals surface area contributed by atoms with Crippen molar-refractivity contribution in [2.24, 2.45) is 23.2 Å². The third-order valence-electron chi connectivity index (χ3n) is 7.94. The molecule has 5 heteroatoms. The van der Waals surface area contributed by atoms with Gasteiger partial charge in [0.15, 0.2) is 0 Å². The van der Waals surface area contributed by atoms with Gasteiger partial charge in [0.25, 0.3) is 0 Å². The first-order valence-electron chi connectivity index (χ1n) is 12.4. The molecule has 0 saturated heterocycles. The Morgan fingerprint density at radius 2 is 1.48 bits per heavy atom. The molecule has 0 heterocycles. The first-order chi connectivity index (χ1) is 15.9. The highest BCUT2D eigenvalue weighted by atomic mass is 16.2. The summed E-state index contributed by atoms with van der Waals surface area (Å²) in [4.78, 5) is 26.3. The first kappa shape index (κ1) is 22.1. The summed E-state index contributed by atoms with van der Waals surface area (Å²) in [6.45, 7) is 4.03. The predicted octanol–water partition coefficient (Wildman–Crippen LogP) is 5.21. The Labute approximate surface area is 196 Å². The van der Waals surface area contributed by atoms with E-state index in [1.165, 1.54) is 38.5 Å². The fourth-order valence-corrected chi connectivity index (χ4v) is 7.25. The molecule has 4 bridgehead atoms. The van der Waals surface area contributed by atoms with Gasteiger partial charge >= 0.3 is 0 Å². The fourth-order valence-electron chi connectivity index (χ4n) is 7.25. The van der Waals surface area contributed by atoms with Crippen LogP contribution in [0.5, 0.6) is 0 Å². The zero-order valence-corrected chi connectivity index (χ0v) is 19.7. The second-order valence-electron chi connectivity index (χ2n) is 11.0. The first-order valence-corrected chi connectivity index (χ1v) is 12.4. The number of hydrogen-bond donors (Lipinski definition) is 3. The van der Waals surface area contributed by atoms with E-state index in [-0.39, 0.29) is 17.2 Å². The van der Waals surface area contributed by atoms with E-state index >= 15 is 0 Å². The van der Waals surface area contributed by atoms with Gasteiger partial charge in [-0.15, -0.1) is 0 Å². The van der Waals surface area contributed by atoms with Crippen molar-refractivity contribution < 1.29 is 9.59 Å². The maximum absolute atomic E-state index is 13.2. The summed E-state index contributed by atoms with van der Waals surface area (Å²) in [7, 11) is 0. The number of amides is 2. The zero-order valence-electron chi connectivity index (χ0n) is 19.7. The summed E-state index contributed by atoms with van der Waals surface area (Å²) < 4.78 is 0. The molecule has 4 fully saturated rings. The van der Waals surface area contributed by atoms with Crippen LogP contribution in [0.25, 0.3) is 0 Å². The van der Waals surface area contributed by atoms with Crippen molar-refractivity contribution in [2.75, 3.05) is 5.32 Å². The Bertz CT molecular complexity index is 977. The van der Waals surface area contributed by atoms with Gasteiger partial charge in [0, 0.05) is 12.1 Å². The van der Waals surface area contributed by atoms with Gasteiger partial charge in [-0.2, -0.15) is 0 Å². The number of aryl methyl sites for hydroxylation is 2. The van der Waals surface area contributed by atoms with Gasteiger partial charge in [-0.3, -0.25) is 15.0 Å². The van der Waals surface area contributed by atoms with Crippen molar-refractivity contribution in [1.29, 1.82) is 0 Å². The Kier molecular flexibility index (Phi) is 6.00. The van der Waals surface area contributed by atoms with Crippen molar-refractivity contribution in [1.82, 2.24) is 10.9 Å². The largest absolute Gasteiger partial charge is 0.324 e. The maximum atomic E-state index is 13.2. The molecule has 0 aliphatic heterocycles. The molecule has 6 rings (SSSR count). The van der Waals surface area contributed by atoms with Crippen molar-refractivity contribution in [3.05, 3.63) is 65.2 Å². The maximum Gasteiger partial charge on any atom is 0.247 e. The predicted molar refractivity (Wildman–Crippen MR) is 130 cm³/mol. The molecule has 5 nitrogen and oxygen atoms in total. The summed E-state index contributed by atoms with van der Waals surface area (Å²) in [6.07, 6.45) is 8.25. The molecular weight excluding hydrogens is 410 g/mol. The van der Waals surface area contributed by atoms with E-state index in [1.807, 2.05) is 56.3 Å². The molecule has 2 aromatic rings. The van der Waals surface area contributed by atoms with Crippen LogP contribution in [0.3, 0.4) is 0 Å². The molecule has 0 unspecified atom stereocenters. The Morgan fingerprint density at radius 3 is 2.06 bits per heavy atom. The van der Waals surface area contributed by atoms with Crippen LogP contribution in [-0.2, 0) is 9.59 Å². The van der Waals surface area contributed by atoms with E-state index < -0.39 is 6.04 Å². The summed E-state index contributed by atoms with van der Waals surface area (Å²) >= 11 is 0. The van der Waals surface area contributed by atoms with Crippen LogP contribution in [0.1, 0.15) is 67.7 Å². The van der Waals surface area contributed by atoms with Crippen LogP contribution >= 0.6 is 0 Å². The topological polar surface area (TPSA) is 70.2 Å². The molecule has 2 amide bonds. The van der Waals surface area contributed by atoms with Gasteiger partial charge in [0.2, 0.25) is 11.8 Å². The summed E-state index contributed by atoms with van der Waals surface area (Å²) in [5.74, 6) is 2.26. The highest BCUT2D eigenvalue weighted by molar-refractivity contribution is 5.96. The molecular formula is C28H35N3O2. The third kappa shape index (κ3) is 4.98. The van der Waals surface area contributed by atoms with Crippen molar-refractivity contribution in [2.45, 2.75) is 64.8 Å². The van der Waals surface area contributed by atoms with Crippen molar-refractivity contribution in [3.63, 3.8) is 0 Å². The van der Waals surface area contributed by atoms with E-state index in [1.54, 1.807) is 0 Å². The number of benzene rings is 2.